The summed E-state index contributed by atoms with van der Waals surface area (Å²) in [6, 6.07) is 5.95. The van der Waals surface area contributed by atoms with Crippen molar-refractivity contribution in [2.24, 2.45) is 10.9 Å². The van der Waals surface area contributed by atoms with Crippen LogP contribution in [-0.2, 0) is 11.3 Å². The lowest BCUT2D eigenvalue weighted by atomic mass is 10.2. The van der Waals surface area contributed by atoms with Crippen molar-refractivity contribution in [3.63, 3.8) is 0 Å². The van der Waals surface area contributed by atoms with Gasteiger partial charge in [-0.3, -0.25) is 4.99 Å². The molecule has 0 saturated heterocycles. The normalized spacial score (nSPS) is 13.7. The maximum atomic E-state index is 5.63. The molecule has 0 aromatic heterocycles. The first-order valence-corrected chi connectivity index (χ1v) is 9.08. The molecule has 0 atom stereocenters. The van der Waals surface area contributed by atoms with Crippen LogP contribution >= 0.6 is 24.0 Å². The second kappa shape index (κ2) is 13.0. The highest BCUT2D eigenvalue weighted by Gasteiger charge is 2.20. The van der Waals surface area contributed by atoms with Crippen LogP contribution in [0.5, 0.6) is 11.5 Å². The van der Waals surface area contributed by atoms with Gasteiger partial charge in [-0.15, -0.1) is 24.0 Å². The zero-order valence-corrected chi connectivity index (χ0v) is 18.4. The van der Waals surface area contributed by atoms with E-state index in [2.05, 4.69) is 15.6 Å². The molecule has 0 radical (unpaired) electrons. The van der Waals surface area contributed by atoms with Crippen molar-refractivity contribution in [1.29, 1.82) is 0 Å². The van der Waals surface area contributed by atoms with E-state index in [9.17, 15) is 0 Å². The Morgan fingerprint density at radius 1 is 1.23 bits per heavy atom. The molecule has 26 heavy (non-hydrogen) atoms. The van der Waals surface area contributed by atoms with E-state index in [1.54, 1.807) is 14.2 Å². The number of ether oxygens (including phenoxy) is 3. The SMILES string of the molecule is CCOc1ccc(CNC(=NC)NCCCOCC2CC2)cc1OC.I. The molecule has 7 heteroatoms. The third-order valence-electron chi connectivity index (χ3n) is 4.02. The molecule has 1 aliphatic carbocycles. The van der Waals surface area contributed by atoms with Gasteiger partial charge in [0.2, 0.25) is 0 Å². The Kier molecular flexibility index (Phi) is 11.4. The summed E-state index contributed by atoms with van der Waals surface area (Å²) >= 11 is 0. The van der Waals surface area contributed by atoms with Gasteiger partial charge in [-0.1, -0.05) is 6.07 Å². The van der Waals surface area contributed by atoms with Crippen LogP contribution in [-0.4, -0.2) is 46.5 Å². The van der Waals surface area contributed by atoms with Crippen molar-refractivity contribution in [3.05, 3.63) is 23.8 Å². The number of benzene rings is 1. The number of aliphatic imine (C=N–C) groups is 1. The Bertz CT molecular complexity index is 551. The van der Waals surface area contributed by atoms with Gasteiger partial charge < -0.3 is 24.8 Å². The number of halogens is 1. The van der Waals surface area contributed by atoms with E-state index in [1.807, 2.05) is 25.1 Å². The second-order valence-corrected chi connectivity index (χ2v) is 6.14. The Balaban J connectivity index is 0.00000338. The molecule has 1 saturated carbocycles. The number of nitrogens with one attached hydrogen (secondary N) is 2. The van der Waals surface area contributed by atoms with Gasteiger partial charge in [0.15, 0.2) is 17.5 Å². The molecule has 1 aromatic carbocycles. The highest BCUT2D eigenvalue weighted by atomic mass is 127. The molecule has 0 heterocycles. The third-order valence-corrected chi connectivity index (χ3v) is 4.02. The highest BCUT2D eigenvalue weighted by molar-refractivity contribution is 14.0. The molecule has 2 rings (SSSR count). The zero-order valence-electron chi connectivity index (χ0n) is 16.0. The molecule has 0 amide bonds. The molecule has 0 bridgehead atoms. The zero-order chi connectivity index (χ0) is 17.9. The predicted molar refractivity (Wildman–Crippen MR) is 116 cm³/mol. The minimum absolute atomic E-state index is 0. The summed E-state index contributed by atoms with van der Waals surface area (Å²) in [5.41, 5.74) is 1.11. The number of nitrogens with zero attached hydrogens (tertiary/aromatic N) is 1. The molecule has 148 valence electrons. The fraction of sp³-hybridized carbons (Fsp3) is 0.632. The summed E-state index contributed by atoms with van der Waals surface area (Å²) in [5.74, 6) is 3.13. The molecule has 1 aromatic rings. The standard InChI is InChI=1S/C19H31N3O3.HI/c1-4-25-17-9-8-16(12-18(17)23-3)13-22-19(20-2)21-10-5-11-24-14-15-6-7-15;/h8-9,12,15H,4-7,10-11,13-14H2,1-3H3,(H2,20,21,22);1H. The molecular formula is C19H32IN3O3. The molecule has 1 aliphatic rings. The lowest BCUT2D eigenvalue weighted by Crippen LogP contribution is -2.37. The van der Waals surface area contributed by atoms with E-state index in [1.165, 1.54) is 12.8 Å². The van der Waals surface area contributed by atoms with Crippen molar-refractivity contribution in [2.45, 2.75) is 32.7 Å². The van der Waals surface area contributed by atoms with E-state index in [0.29, 0.717) is 13.2 Å². The summed E-state index contributed by atoms with van der Waals surface area (Å²) < 4.78 is 16.6. The van der Waals surface area contributed by atoms with Gasteiger partial charge in [0.1, 0.15) is 0 Å². The van der Waals surface area contributed by atoms with Crippen LogP contribution in [0.3, 0.4) is 0 Å². The molecule has 0 spiro atoms. The van der Waals surface area contributed by atoms with E-state index >= 15 is 0 Å². The van der Waals surface area contributed by atoms with Crippen LogP contribution in [0, 0.1) is 5.92 Å². The maximum Gasteiger partial charge on any atom is 0.191 e. The van der Waals surface area contributed by atoms with E-state index < -0.39 is 0 Å². The fourth-order valence-corrected chi connectivity index (χ4v) is 2.42. The van der Waals surface area contributed by atoms with Gasteiger partial charge in [-0.25, -0.2) is 0 Å². The molecule has 0 aliphatic heterocycles. The lowest BCUT2D eigenvalue weighted by Gasteiger charge is -2.14. The number of hydrogen-bond donors (Lipinski definition) is 2. The Morgan fingerprint density at radius 3 is 2.69 bits per heavy atom. The van der Waals surface area contributed by atoms with Crippen molar-refractivity contribution in [1.82, 2.24) is 10.6 Å². The summed E-state index contributed by atoms with van der Waals surface area (Å²) in [7, 11) is 3.43. The largest absolute Gasteiger partial charge is 0.493 e. The van der Waals surface area contributed by atoms with Crippen LogP contribution < -0.4 is 20.1 Å². The highest BCUT2D eigenvalue weighted by Crippen LogP contribution is 2.29. The Morgan fingerprint density at radius 2 is 2.04 bits per heavy atom. The number of hydrogen-bond acceptors (Lipinski definition) is 4. The molecule has 6 nitrogen and oxygen atoms in total. The van der Waals surface area contributed by atoms with Gasteiger partial charge >= 0.3 is 0 Å². The number of rotatable bonds is 11. The first-order chi connectivity index (χ1) is 12.3. The fourth-order valence-electron chi connectivity index (χ4n) is 2.42. The average molecular weight is 477 g/mol. The first kappa shape index (κ1) is 22.8. The minimum Gasteiger partial charge on any atom is -0.493 e. The lowest BCUT2D eigenvalue weighted by molar-refractivity contribution is 0.123. The topological polar surface area (TPSA) is 64.1 Å². The first-order valence-electron chi connectivity index (χ1n) is 9.08. The summed E-state index contributed by atoms with van der Waals surface area (Å²) in [4.78, 5) is 4.25. The predicted octanol–water partition coefficient (Wildman–Crippen LogP) is 3.19. The third kappa shape index (κ3) is 8.44. The quantitative estimate of drug-likeness (QED) is 0.222. The monoisotopic (exact) mass is 477 g/mol. The van der Waals surface area contributed by atoms with Crippen molar-refractivity contribution < 1.29 is 14.2 Å². The van der Waals surface area contributed by atoms with Crippen molar-refractivity contribution in [3.8, 4) is 11.5 Å². The average Bonchev–Trinajstić information content (AvgIpc) is 3.46. The number of guanidine groups is 1. The van der Waals surface area contributed by atoms with Gasteiger partial charge in [0, 0.05) is 33.4 Å². The molecule has 1 fully saturated rings. The molecule has 2 N–H and O–H groups in total. The van der Waals surface area contributed by atoms with Gasteiger partial charge in [-0.05, 0) is 49.8 Å². The second-order valence-electron chi connectivity index (χ2n) is 6.14. The summed E-state index contributed by atoms with van der Waals surface area (Å²) in [6.07, 6.45) is 3.65. The van der Waals surface area contributed by atoms with Crippen molar-refractivity contribution in [2.75, 3.05) is 40.5 Å². The smallest absolute Gasteiger partial charge is 0.191 e. The Hall–Kier alpha value is -1.22. The van der Waals surface area contributed by atoms with Crippen LogP contribution in [0.15, 0.2) is 23.2 Å². The summed E-state index contributed by atoms with van der Waals surface area (Å²) in [5, 5.41) is 6.62. The van der Waals surface area contributed by atoms with Gasteiger partial charge in [-0.2, -0.15) is 0 Å². The van der Waals surface area contributed by atoms with Crippen LogP contribution in [0.25, 0.3) is 0 Å². The molecular weight excluding hydrogens is 445 g/mol. The Labute approximate surface area is 174 Å². The maximum absolute atomic E-state index is 5.63. The summed E-state index contributed by atoms with van der Waals surface area (Å²) in [6.45, 7) is 5.82. The van der Waals surface area contributed by atoms with Gasteiger partial charge in [0.05, 0.1) is 13.7 Å². The van der Waals surface area contributed by atoms with Crippen molar-refractivity contribution >= 4 is 29.9 Å². The van der Waals surface area contributed by atoms with Gasteiger partial charge in [0.25, 0.3) is 0 Å². The van der Waals surface area contributed by atoms with E-state index in [-0.39, 0.29) is 24.0 Å². The van der Waals surface area contributed by atoms with Crippen LogP contribution in [0.4, 0.5) is 0 Å². The van der Waals surface area contributed by atoms with Crippen LogP contribution in [0.2, 0.25) is 0 Å². The van der Waals surface area contributed by atoms with E-state index in [4.69, 9.17) is 14.2 Å². The molecule has 0 unspecified atom stereocenters. The van der Waals surface area contributed by atoms with E-state index in [0.717, 1.165) is 55.1 Å². The number of methoxy groups -OCH3 is 1. The van der Waals surface area contributed by atoms with Crippen LogP contribution in [0.1, 0.15) is 31.7 Å². The minimum atomic E-state index is 0.